The van der Waals surface area contributed by atoms with Crippen LogP contribution in [0.5, 0.6) is 0 Å². The second kappa shape index (κ2) is 7.37. The fraction of sp³-hybridized carbons (Fsp3) is 0. The summed E-state index contributed by atoms with van der Waals surface area (Å²) in [6, 6.07) is 5.76. The molecule has 1 aliphatic rings. The zero-order valence-electron chi connectivity index (χ0n) is 12.8. The van der Waals surface area contributed by atoms with E-state index < -0.39 is 16.7 Å². The van der Waals surface area contributed by atoms with Gasteiger partial charge in [0.05, 0.1) is 4.92 Å². The van der Waals surface area contributed by atoms with Crippen LogP contribution in [0.3, 0.4) is 0 Å². The molecule has 0 saturated carbocycles. The summed E-state index contributed by atoms with van der Waals surface area (Å²) in [6.07, 6.45) is 4.38. The standard InChI is InChI=1S/C15H9N5O4S2/c21-12-10(13(22)19-14(25)18-12)7-8-6-9(20(23)24)2-3-11(8)26-15-16-4-1-5-17-15/h1-7H,(H2,18,19,21,22,25). The number of carbonyl (C=O) groups is 2. The molecular weight excluding hydrogens is 378 g/mol. The topological polar surface area (TPSA) is 127 Å². The number of aromatic nitrogens is 2. The number of rotatable bonds is 4. The summed E-state index contributed by atoms with van der Waals surface area (Å²) in [4.78, 5) is 43.2. The number of hydrogen-bond donors (Lipinski definition) is 2. The number of amides is 2. The Morgan fingerprint density at radius 2 is 1.81 bits per heavy atom. The molecule has 0 spiro atoms. The zero-order chi connectivity index (χ0) is 18.7. The average molecular weight is 387 g/mol. The maximum absolute atomic E-state index is 12.0. The number of thiocarbonyl (C=S) groups is 1. The fourth-order valence-electron chi connectivity index (χ4n) is 2.05. The molecule has 1 fully saturated rings. The lowest BCUT2D eigenvalue weighted by molar-refractivity contribution is -0.384. The Morgan fingerprint density at radius 3 is 2.42 bits per heavy atom. The van der Waals surface area contributed by atoms with Gasteiger partial charge in [-0.05, 0) is 47.8 Å². The lowest BCUT2D eigenvalue weighted by atomic mass is 10.1. The molecule has 11 heteroatoms. The Bertz CT molecular complexity index is 940. The number of non-ortho nitro benzene ring substituents is 1. The van der Waals surface area contributed by atoms with E-state index in [1.165, 1.54) is 24.3 Å². The molecule has 1 aromatic carbocycles. The molecule has 26 heavy (non-hydrogen) atoms. The first-order valence-electron chi connectivity index (χ1n) is 7.06. The van der Waals surface area contributed by atoms with E-state index >= 15 is 0 Å². The van der Waals surface area contributed by atoms with Crippen LogP contribution < -0.4 is 10.6 Å². The highest BCUT2D eigenvalue weighted by atomic mass is 32.2. The van der Waals surface area contributed by atoms with Gasteiger partial charge >= 0.3 is 0 Å². The van der Waals surface area contributed by atoms with Crippen molar-refractivity contribution in [1.29, 1.82) is 0 Å². The maximum Gasteiger partial charge on any atom is 0.270 e. The number of nitro groups is 1. The quantitative estimate of drug-likeness (QED) is 0.202. The number of nitro benzene ring substituents is 1. The molecule has 0 bridgehead atoms. The first-order valence-corrected chi connectivity index (χ1v) is 8.28. The highest BCUT2D eigenvalue weighted by Gasteiger charge is 2.26. The van der Waals surface area contributed by atoms with E-state index in [1.807, 2.05) is 0 Å². The van der Waals surface area contributed by atoms with Crippen LogP contribution in [0.1, 0.15) is 5.56 Å². The summed E-state index contributed by atoms with van der Waals surface area (Å²) < 4.78 is 0. The van der Waals surface area contributed by atoms with Crippen LogP contribution in [-0.4, -0.2) is 31.8 Å². The lowest BCUT2D eigenvalue weighted by Gasteiger charge is -2.16. The van der Waals surface area contributed by atoms with Gasteiger partial charge in [0.25, 0.3) is 17.5 Å². The Kier molecular flexibility index (Phi) is 5.00. The van der Waals surface area contributed by atoms with Gasteiger partial charge in [0.1, 0.15) is 5.57 Å². The third kappa shape index (κ3) is 3.90. The Morgan fingerprint density at radius 1 is 1.15 bits per heavy atom. The van der Waals surface area contributed by atoms with Crippen molar-refractivity contribution in [3.05, 3.63) is 57.9 Å². The molecule has 1 aliphatic heterocycles. The number of nitrogens with zero attached hydrogens (tertiary/aromatic N) is 3. The Balaban J connectivity index is 2.05. The SMILES string of the molecule is O=C1NC(=S)NC(=O)C1=Cc1cc([N+](=O)[O-])ccc1Sc1ncccn1. The highest BCUT2D eigenvalue weighted by Crippen LogP contribution is 2.32. The summed E-state index contributed by atoms with van der Waals surface area (Å²) in [5.74, 6) is -1.37. The van der Waals surface area contributed by atoms with Crippen molar-refractivity contribution in [2.45, 2.75) is 10.1 Å². The van der Waals surface area contributed by atoms with Crippen molar-refractivity contribution in [2.24, 2.45) is 0 Å². The van der Waals surface area contributed by atoms with E-state index in [9.17, 15) is 19.7 Å². The minimum atomic E-state index is -0.683. The number of hydrogen-bond acceptors (Lipinski definition) is 8. The largest absolute Gasteiger partial charge is 0.299 e. The minimum absolute atomic E-state index is 0.0940. The molecule has 130 valence electrons. The fourth-order valence-corrected chi connectivity index (χ4v) is 3.03. The van der Waals surface area contributed by atoms with Crippen LogP contribution >= 0.6 is 24.0 Å². The number of benzene rings is 1. The summed E-state index contributed by atoms with van der Waals surface area (Å²) in [5, 5.41) is 16.0. The average Bonchev–Trinajstić information content (AvgIpc) is 2.60. The Hall–Kier alpha value is -3.18. The monoisotopic (exact) mass is 387 g/mol. The van der Waals surface area contributed by atoms with Gasteiger partial charge in [-0.25, -0.2) is 9.97 Å². The van der Waals surface area contributed by atoms with Crippen LogP contribution in [-0.2, 0) is 9.59 Å². The molecule has 1 saturated heterocycles. The second-order valence-electron chi connectivity index (χ2n) is 4.91. The van der Waals surface area contributed by atoms with Crippen LogP contribution in [0.4, 0.5) is 5.69 Å². The summed E-state index contributed by atoms with van der Waals surface area (Å²) in [6.45, 7) is 0. The molecule has 3 rings (SSSR count). The van der Waals surface area contributed by atoms with Gasteiger partial charge < -0.3 is 0 Å². The first-order chi connectivity index (χ1) is 12.4. The first kappa shape index (κ1) is 17.6. The Labute approximate surface area is 156 Å². The molecule has 0 atom stereocenters. The molecule has 0 radical (unpaired) electrons. The minimum Gasteiger partial charge on any atom is -0.299 e. The van der Waals surface area contributed by atoms with Gasteiger partial charge in [0.2, 0.25) is 0 Å². The van der Waals surface area contributed by atoms with Crippen molar-refractivity contribution >= 4 is 52.7 Å². The summed E-state index contributed by atoms with van der Waals surface area (Å²) in [7, 11) is 0. The van der Waals surface area contributed by atoms with E-state index in [-0.39, 0.29) is 16.4 Å². The van der Waals surface area contributed by atoms with E-state index in [4.69, 9.17) is 12.2 Å². The normalized spacial score (nSPS) is 13.8. The molecule has 0 unspecified atom stereocenters. The van der Waals surface area contributed by atoms with Crippen molar-refractivity contribution in [3.8, 4) is 0 Å². The lowest BCUT2D eigenvalue weighted by Crippen LogP contribution is -2.51. The molecule has 2 amide bonds. The third-order valence-corrected chi connectivity index (χ3v) is 4.38. The van der Waals surface area contributed by atoms with Gasteiger partial charge in [0, 0.05) is 29.4 Å². The smallest absolute Gasteiger partial charge is 0.270 e. The molecule has 0 aliphatic carbocycles. The van der Waals surface area contributed by atoms with Crippen LogP contribution in [0.25, 0.3) is 6.08 Å². The molecule has 2 aromatic rings. The maximum atomic E-state index is 12.0. The van der Waals surface area contributed by atoms with E-state index in [0.29, 0.717) is 15.6 Å². The predicted octanol–water partition coefficient (Wildman–Crippen LogP) is 1.45. The van der Waals surface area contributed by atoms with Gasteiger partial charge in [-0.15, -0.1) is 0 Å². The molecule has 2 N–H and O–H groups in total. The highest BCUT2D eigenvalue weighted by molar-refractivity contribution is 7.99. The van der Waals surface area contributed by atoms with Crippen molar-refractivity contribution in [2.75, 3.05) is 0 Å². The van der Waals surface area contributed by atoms with Gasteiger partial charge in [-0.1, -0.05) is 0 Å². The molecular formula is C15H9N5O4S2. The van der Waals surface area contributed by atoms with Crippen LogP contribution in [0.2, 0.25) is 0 Å². The van der Waals surface area contributed by atoms with Crippen molar-refractivity contribution in [1.82, 2.24) is 20.6 Å². The van der Waals surface area contributed by atoms with E-state index in [1.54, 1.807) is 18.5 Å². The zero-order valence-corrected chi connectivity index (χ0v) is 14.5. The van der Waals surface area contributed by atoms with Gasteiger partial charge in [0.15, 0.2) is 10.3 Å². The van der Waals surface area contributed by atoms with E-state index in [2.05, 4.69) is 20.6 Å². The van der Waals surface area contributed by atoms with Gasteiger partial charge in [-0.2, -0.15) is 0 Å². The molecule has 2 heterocycles. The number of carbonyl (C=O) groups excluding carboxylic acids is 2. The van der Waals surface area contributed by atoms with Crippen LogP contribution in [0.15, 0.2) is 52.3 Å². The van der Waals surface area contributed by atoms with Crippen molar-refractivity contribution < 1.29 is 14.5 Å². The van der Waals surface area contributed by atoms with E-state index in [0.717, 1.165) is 11.8 Å². The van der Waals surface area contributed by atoms with Crippen LogP contribution in [0, 0.1) is 10.1 Å². The predicted molar refractivity (Wildman–Crippen MR) is 96.1 cm³/mol. The summed E-state index contributed by atoms with van der Waals surface area (Å²) in [5.41, 5.74) is -0.0815. The van der Waals surface area contributed by atoms with Gasteiger partial charge in [-0.3, -0.25) is 30.3 Å². The van der Waals surface area contributed by atoms with Crippen molar-refractivity contribution in [3.63, 3.8) is 0 Å². The molecule has 9 nitrogen and oxygen atoms in total. The summed E-state index contributed by atoms with van der Waals surface area (Å²) >= 11 is 5.89. The number of nitrogens with one attached hydrogen (secondary N) is 2. The molecule has 1 aromatic heterocycles. The third-order valence-electron chi connectivity index (χ3n) is 3.19. The second-order valence-corrected chi connectivity index (χ2v) is 6.33.